The van der Waals surface area contributed by atoms with Crippen molar-refractivity contribution >= 4 is 15.8 Å². The van der Waals surface area contributed by atoms with E-state index in [0.29, 0.717) is 6.42 Å². The number of aryl methyl sites for hydroxylation is 1. The van der Waals surface area contributed by atoms with Crippen LogP contribution in [0.3, 0.4) is 0 Å². The second kappa shape index (κ2) is 9.18. The lowest BCUT2D eigenvalue weighted by atomic mass is 9.79. The van der Waals surface area contributed by atoms with E-state index in [9.17, 15) is 27.3 Å². The average Bonchev–Trinajstić information content (AvgIpc) is 3.18. The van der Waals surface area contributed by atoms with Crippen LogP contribution >= 0.6 is 0 Å². The van der Waals surface area contributed by atoms with Gasteiger partial charge in [0.05, 0.1) is 6.04 Å². The van der Waals surface area contributed by atoms with Gasteiger partial charge in [0.25, 0.3) is 5.91 Å². The maximum absolute atomic E-state index is 15.7. The van der Waals surface area contributed by atoms with E-state index in [1.54, 1.807) is 0 Å². The third kappa shape index (κ3) is 4.94. The number of benzene rings is 2. The second-order valence-electron chi connectivity index (χ2n) is 9.03. The van der Waals surface area contributed by atoms with Gasteiger partial charge in [-0.3, -0.25) is 4.79 Å². The smallest absolute Gasteiger partial charge is 0.380 e. The van der Waals surface area contributed by atoms with E-state index in [1.807, 2.05) is 4.72 Å². The highest BCUT2D eigenvalue weighted by Crippen LogP contribution is 2.37. The molecule has 4 rings (SSSR count). The molecule has 1 aliphatic carbocycles. The third-order valence-corrected chi connectivity index (χ3v) is 8.00. The largest absolute Gasteiger partial charge is 0.492 e. The lowest BCUT2D eigenvalue weighted by Gasteiger charge is -2.40. The van der Waals surface area contributed by atoms with Gasteiger partial charge in [0.15, 0.2) is 0 Å². The minimum Gasteiger partial charge on any atom is -0.380 e. The number of nitrogens with one attached hydrogen (secondary N) is 2. The number of hydrogen-bond acceptors (Lipinski definition) is 4. The number of amides is 1. The highest BCUT2D eigenvalue weighted by atomic mass is 32.2. The predicted octanol–water partition coefficient (Wildman–Crippen LogP) is 4.30. The quantitative estimate of drug-likeness (QED) is 0.500. The minimum atomic E-state index is -5.36. The van der Waals surface area contributed by atoms with Crippen LogP contribution in [0.25, 0.3) is 11.1 Å². The van der Waals surface area contributed by atoms with E-state index in [0.717, 1.165) is 0 Å². The number of aliphatic hydroxyl groups is 1. The van der Waals surface area contributed by atoms with Gasteiger partial charge in [0.1, 0.15) is 11.4 Å². The van der Waals surface area contributed by atoms with E-state index in [2.05, 4.69) is 0 Å². The molecule has 2 aliphatic rings. The van der Waals surface area contributed by atoms with Crippen LogP contribution in [0.5, 0.6) is 0 Å². The van der Waals surface area contributed by atoms with Gasteiger partial charge in [0, 0.05) is 22.3 Å². The van der Waals surface area contributed by atoms with Crippen molar-refractivity contribution in [2.45, 2.75) is 62.1 Å². The molecular formula is C24H27F4N3O3S. The Hall–Kier alpha value is -2.50. The standard InChI is InChI=1S/C24H27F4N3O3S/c1-15-5-2-6-16(13-15)18-8-3-7-17(21(18)25)14-20-19(30-35(29,34)24(26,27)28)9-12-31(20)22(32)23(33)10-4-11-23/h2-3,5-8,13,19-20,33H,4,9-12,14H2,1H3,(H2,29,30,34)/t19-,20-,35?/m0/s1/i1D3. The number of nitrogens with zero attached hydrogens (tertiary/aromatic N) is 1. The number of alkyl halides is 3. The fraction of sp³-hybridized carbons (Fsp3) is 0.458. The molecule has 2 aromatic carbocycles. The number of halogens is 4. The Morgan fingerprint density at radius 1 is 1.31 bits per heavy atom. The molecule has 0 aromatic heterocycles. The third-order valence-electron chi connectivity index (χ3n) is 6.71. The van der Waals surface area contributed by atoms with Gasteiger partial charge >= 0.3 is 5.51 Å². The molecule has 6 nitrogen and oxygen atoms in total. The van der Waals surface area contributed by atoms with Crippen molar-refractivity contribution in [2.75, 3.05) is 6.54 Å². The Labute approximate surface area is 205 Å². The lowest BCUT2D eigenvalue weighted by molar-refractivity contribution is -0.161. The number of carbonyl (C=O) groups excluding carboxylic acids is 1. The molecule has 35 heavy (non-hydrogen) atoms. The number of hydrogen-bond donors (Lipinski definition) is 3. The number of likely N-dealkylation sites (tertiary alicyclic amines) is 1. The monoisotopic (exact) mass is 516 g/mol. The van der Waals surface area contributed by atoms with Crippen LogP contribution in [0.15, 0.2) is 42.5 Å². The summed E-state index contributed by atoms with van der Waals surface area (Å²) in [5.74, 6) is -1.44. The van der Waals surface area contributed by atoms with Gasteiger partial charge in [-0.25, -0.2) is 18.1 Å². The topological polar surface area (TPSA) is 93.5 Å². The molecule has 1 unspecified atom stereocenters. The van der Waals surface area contributed by atoms with E-state index < -0.39 is 51.7 Å². The Bertz CT molecular complexity index is 1330. The minimum absolute atomic E-state index is 0.00253. The van der Waals surface area contributed by atoms with Gasteiger partial charge < -0.3 is 10.0 Å². The highest BCUT2D eigenvalue weighted by molar-refractivity contribution is 7.91. The number of carbonyl (C=O) groups is 1. The Balaban J connectivity index is 1.69. The Morgan fingerprint density at radius 3 is 2.66 bits per heavy atom. The summed E-state index contributed by atoms with van der Waals surface area (Å²) >= 11 is 0. The van der Waals surface area contributed by atoms with Crippen molar-refractivity contribution in [3.8, 4) is 11.1 Å². The van der Waals surface area contributed by atoms with Gasteiger partial charge in [-0.1, -0.05) is 48.0 Å². The Morgan fingerprint density at radius 2 is 2.03 bits per heavy atom. The first-order valence-electron chi connectivity index (χ1n) is 12.6. The summed E-state index contributed by atoms with van der Waals surface area (Å²) < 4.78 is 99.5. The fourth-order valence-electron chi connectivity index (χ4n) is 4.64. The van der Waals surface area contributed by atoms with Crippen LogP contribution in [0.2, 0.25) is 0 Å². The molecular weight excluding hydrogens is 486 g/mol. The summed E-state index contributed by atoms with van der Waals surface area (Å²) in [6.07, 6.45) is 0.609. The average molecular weight is 517 g/mol. The van der Waals surface area contributed by atoms with Crippen LogP contribution < -0.4 is 4.72 Å². The SMILES string of the molecule is [2H]C([2H])([2H])c1cccc(-c2cccc(C[C@H]3[C@@H](NS(=N)(=O)C(F)(F)F)CCN3C(=O)C3(O)CCC3)c2F)c1. The Kier molecular flexibility index (Phi) is 5.71. The zero-order valence-electron chi connectivity index (χ0n) is 21.6. The van der Waals surface area contributed by atoms with Crippen molar-refractivity contribution in [3.05, 3.63) is 59.4 Å². The van der Waals surface area contributed by atoms with Crippen LogP contribution in [0.1, 0.15) is 40.9 Å². The molecule has 1 aliphatic heterocycles. The van der Waals surface area contributed by atoms with E-state index >= 15 is 4.39 Å². The zero-order valence-corrected chi connectivity index (χ0v) is 19.4. The normalized spacial score (nSPS) is 25.2. The molecule has 0 spiro atoms. The van der Waals surface area contributed by atoms with E-state index in [-0.39, 0.29) is 54.5 Å². The van der Waals surface area contributed by atoms with Gasteiger partial charge in [-0.2, -0.15) is 13.2 Å². The molecule has 190 valence electrons. The van der Waals surface area contributed by atoms with E-state index in [4.69, 9.17) is 8.89 Å². The van der Waals surface area contributed by atoms with Gasteiger partial charge in [-0.05, 0) is 50.1 Å². The summed E-state index contributed by atoms with van der Waals surface area (Å²) in [4.78, 5) is 14.3. The van der Waals surface area contributed by atoms with Crippen molar-refractivity contribution in [2.24, 2.45) is 0 Å². The van der Waals surface area contributed by atoms with E-state index in [1.165, 1.54) is 47.4 Å². The van der Waals surface area contributed by atoms with Crippen LogP contribution in [-0.2, 0) is 21.1 Å². The summed E-state index contributed by atoms with van der Waals surface area (Å²) in [6.45, 7) is -2.49. The van der Waals surface area contributed by atoms with Crippen molar-refractivity contribution in [1.29, 1.82) is 4.78 Å². The summed E-state index contributed by atoms with van der Waals surface area (Å²) in [5.41, 5.74) is -6.64. The van der Waals surface area contributed by atoms with Crippen LogP contribution in [0.4, 0.5) is 17.6 Å². The molecule has 1 heterocycles. The fourth-order valence-corrected chi connectivity index (χ4v) is 5.48. The molecule has 1 saturated heterocycles. The summed E-state index contributed by atoms with van der Waals surface area (Å²) in [5, 5.41) is 10.6. The van der Waals surface area contributed by atoms with Crippen LogP contribution in [0, 0.1) is 17.4 Å². The first-order valence-corrected chi connectivity index (χ1v) is 12.6. The molecule has 0 bridgehead atoms. The first-order chi connectivity index (χ1) is 17.5. The maximum atomic E-state index is 15.7. The molecule has 3 N–H and O–H groups in total. The molecule has 2 fully saturated rings. The van der Waals surface area contributed by atoms with Crippen molar-refractivity contribution in [1.82, 2.24) is 9.62 Å². The van der Waals surface area contributed by atoms with Crippen LogP contribution in [-0.4, -0.2) is 49.9 Å². The van der Waals surface area contributed by atoms with Gasteiger partial charge in [-0.15, -0.1) is 0 Å². The zero-order chi connectivity index (χ0) is 28.1. The molecule has 3 atom stereocenters. The molecule has 11 heteroatoms. The molecule has 1 saturated carbocycles. The maximum Gasteiger partial charge on any atom is 0.492 e. The summed E-state index contributed by atoms with van der Waals surface area (Å²) in [7, 11) is -5.26. The molecule has 1 amide bonds. The lowest BCUT2D eigenvalue weighted by Crippen LogP contribution is -2.57. The second-order valence-corrected chi connectivity index (χ2v) is 10.8. The van der Waals surface area contributed by atoms with Crippen molar-refractivity contribution in [3.63, 3.8) is 0 Å². The van der Waals surface area contributed by atoms with Crippen molar-refractivity contribution < 1.29 is 35.8 Å². The van der Waals surface area contributed by atoms with Gasteiger partial charge in [0.2, 0.25) is 9.92 Å². The molecule has 0 radical (unpaired) electrons. The first kappa shape index (κ1) is 21.8. The number of rotatable bonds is 6. The predicted molar refractivity (Wildman–Crippen MR) is 123 cm³/mol. The highest BCUT2D eigenvalue weighted by Gasteiger charge is 2.51. The summed E-state index contributed by atoms with van der Waals surface area (Å²) in [6, 6.07) is 7.67. The molecule has 2 aromatic rings.